The SMILES string of the molecule is CCOCCCCNC(=NC)NCc1ccccc1OC. The predicted molar refractivity (Wildman–Crippen MR) is 86.9 cm³/mol. The van der Waals surface area contributed by atoms with Crippen LogP contribution in [0.25, 0.3) is 0 Å². The summed E-state index contributed by atoms with van der Waals surface area (Å²) >= 11 is 0. The number of nitrogens with zero attached hydrogens (tertiary/aromatic N) is 1. The number of para-hydroxylation sites is 1. The van der Waals surface area contributed by atoms with Crippen molar-refractivity contribution in [3.63, 3.8) is 0 Å². The first-order valence-corrected chi connectivity index (χ1v) is 7.46. The Morgan fingerprint density at radius 3 is 2.71 bits per heavy atom. The highest BCUT2D eigenvalue weighted by molar-refractivity contribution is 5.79. The Hall–Kier alpha value is -1.75. The molecule has 0 aromatic heterocycles. The van der Waals surface area contributed by atoms with Crippen LogP contribution in [0.15, 0.2) is 29.3 Å². The molecule has 21 heavy (non-hydrogen) atoms. The van der Waals surface area contributed by atoms with Crippen LogP contribution in [-0.2, 0) is 11.3 Å². The van der Waals surface area contributed by atoms with E-state index in [4.69, 9.17) is 9.47 Å². The molecule has 1 rings (SSSR count). The minimum Gasteiger partial charge on any atom is -0.496 e. The number of ether oxygens (including phenoxy) is 2. The fourth-order valence-corrected chi connectivity index (χ4v) is 1.93. The zero-order chi connectivity index (χ0) is 15.3. The van der Waals surface area contributed by atoms with Gasteiger partial charge in [0.1, 0.15) is 5.75 Å². The zero-order valence-corrected chi connectivity index (χ0v) is 13.3. The van der Waals surface area contributed by atoms with Crippen LogP contribution in [0.3, 0.4) is 0 Å². The maximum atomic E-state index is 5.33. The van der Waals surface area contributed by atoms with Crippen LogP contribution in [0.1, 0.15) is 25.3 Å². The summed E-state index contributed by atoms with van der Waals surface area (Å²) in [5.41, 5.74) is 1.11. The van der Waals surface area contributed by atoms with Gasteiger partial charge in [-0.05, 0) is 25.8 Å². The predicted octanol–water partition coefficient (Wildman–Crippen LogP) is 2.18. The van der Waals surface area contributed by atoms with Crippen LogP contribution in [0, 0.1) is 0 Å². The van der Waals surface area contributed by atoms with Crippen molar-refractivity contribution in [3.05, 3.63) is 29.8 Å². The Labute approximate surface area is 127 Å². The van der Waals surface area contributed by atoms with E-state index >= 15 is 0 Å². The molecule has 5 nitrogen and oxygen atoms in total. The van der Waals surface area contributed by atoms with E-state index in [9.17, 15) is 0 Å². The Kier molecular flexibility index (Phi) is 9.04. The van der Waals surface area contributed by atoms with Crippen molar-refractivity contribution in [1.82, 2.24) is 10.6 Å². The molecule has 0 saturated heterocycles. The molecular weight excluding hydrogens is 266 g/mol. The lowest BCUT2D eigenvalue weighted by atomic mass is 10.2. The number of hydrogen-bond donors (Lipinski definition) is 2. The minimum absolute atomic E-state index is 0.683. The molecule has 5 heteroatoms. The Bertz CT molecular complexity index is 422. The normalized spacial score (nSPS) is 11.3. The van der Waals surface area contributed by atoms with Gasteiger partial charge in [-0.3, -0.25) is 4.99 Å². The van der Waals surface area contributed by atoms with Crippen molar-refractivity contribution < 1.29 is 9.47 Å². The fraction of sp³-hybridized carbons (Fsp3) is 0.562. The zero-order valence-electron chi connectivity index (χ0n) is 13.3. The first-order chi connectivity index (χ1) is 10.3. The van der Waals surface area contributed by atoms with Crippen LogP contribution in [0.4, 0.5) is 0 Å². The monoisotopic (exact) mass is 293 g/mol. The maximum Gasteiger partial charge on any atom is 0.191 e. The Balaban J connectivity index is 2.28. The van der Waals surface area contributed by atoms with E-state index in [1.54, 1.807) is 14.2 Å². The standard InChI is InChI=1S/C16H27N3O2/c1-4-21-12-8-7-11-18-16(17-2)19-13-14-9-5-6-10-15(14)20-3/h5-6,9-10H,4,7-8,11-13H2,1-3H3,(H2,17,18,19). The number of methoxy groups -OCH3 is 1. The van der Waals surface area contributed by atoms with E-state index in [0.717, 1.165) is 49.9 Å². The average Bonchev–Trinajstić information content (AvgIpc) is 2.53. The van der Waals surface area contributed by atoms with Gasteiger partial charge in [-0.1, -0.05) is 18.2 Å². The summed E-state index contributed by atoms with van der Waals surface area (Å²) in [7, 11) is 3.46. The van der Waals surface area contributed by atoms with Crippen molar-refractivity contribution in [3.8, 4) is 5.75 Å². The summed E-state index contributed by atoms with van der Waals surface area (Å²) in [6.07, 6.45) is 2.12. The second-order valence-corrected chi connectivity index (χ2v) is 4.57. The van der Waals surface area contributed by atoms with Crippen molar-refractivity contribution in [2.75, 3.05) is 33.9 Å². The quantitative estimate of drug-likeness (QED) is 0.416. The number of benzene rings is 1. The second kappa shape index (κ2) is 11.0. The van der Waals surface area contributed by atoms with Gasteiger partial charge in [0.2, 0.25) is 0 Å². The number of aliphatic imine (C=N–C) groups is 1. The molecule has 0 saturated carbocycles. The molecule has 1 aromatic rings. The summed E-state index contributed by atoms with van der Waals surface area (Å²) in [5.74, 6) is 1.69. The number of guanidine groups is 1. The second-order valence-electron chi connectivity index (χ2n) is 4.57. The van der Waals surface area contributed by atoms with Gasteiger partial charge in [0.05, 0.1) is 7.11 Å². The molecule has 0 aliphatic heterocycles. The molecule has 0 radical (unpaired) electrons. The molecule has 0 heterocycles. The van der Waals surface area contributed by atoms with Gasteiger partial charge in [0, 0.05) is 38.9 Å². The molecule has 0 amide bonds. The largest absolute Gasteiger partial charge is 0.496 e. The molecule has 1 aromatic carbocycles. The fourth-order valence-electron chi connectivity index (χ4n) is 1.93. The lowest BCUT2D eigenvalue weighted by molar-refractivity contribution is 0.143. The third-order valence-electron chi connectivity index (χ3n) is 3.07. The third-order valence-corrected chi connectivity index (χ3v) is 3.07. The topological polar surface area (TPSA) is 54.9 Å². The molecule has 0 unspecified atom stereocenters. The summed E-state index contributed by atoms with van der Waals surface area (Å²) < 4.78 is 10.6. The van der Waals surface area contributed by atoms with Gasteiger partial charge in [-0.15, -0.1) is 0 Å². The van der Waals surface area contributed by atoms with Gasteiger partial charge in [0.25, 0.3) is 0 Å². The van der Waals surface area contributed by atoms with Crippen LogP contribution in [0.5, 0.6) is 5.75 Å². The van der Waals surface area contributed by atoms with Crippen molar-refractivity contribution in [1.29, 1.82) is 0 Å². The molecule has 0 fully saturated rings. The number of unbranched alkanes of at least 4 members (excludes halogenated alkanes) is 1. The molecule has 0 atom stereocenters. The highest BCUT2D eigenvalue weighted by Crippen LogP contribution is 2.16. The van der Waals surface area contributed by atoms with E-state index in [1.165, 1.54) is 0 Å². The highest BCUT2D eigenvalue weighted by Gasteiger charge is 2.02. The minimum atomic E-state index is 0.683. The van der Waals surface area contributed by atoms with Crippen LogP contribution in [-0.4, -0.2) is 39.9 Å². The first-order valence-electron chi connectivity index (χ1n) is 7.46. The molecule has 0 aliphatic carbocycles. The summed E-state index contributed by atoms with van der Waals surface area (Å²) in [6, 6.07) is 7.97. The Morgan fingerprint density at radius 2 is 2.00 bits per heavy atom. The molecule has 118 valence electrons. The summed E-state index contributed by atoms with van der Waals surface area (Å²) in [6.45, 7) is 5.20. The smallest absolute Gasteiger partial charge is 0.191 e. The molecular formula is C16H27N3O2. The van der Waals surface area contributed by atoms with Crippen molar-refractivity contribution >= 4 is 5.96 Å². The molecule has 0 aliphatic rings. The van der Waals surface area contributed by atoms with Gasteiger partial charge in [0.15, 0.2) is 5.96 Å². The first kappa shape index (κ1) is 17.3. The highest BCUT2D eigenvalue weighted by atomic mass is 16.5. The van der Waals surface area contributed by atoms with Gasteiger partial charge in [-0.2, -0.15) is 0 Å². The number of hydrogen-bond acceptors (Lipinski definition) is 3. The molecule has 0 spiro atoms. The van der Waals surface area contributed by atoms with E-state index in [-0.39, 0.29) is 0 Å². The summed E-state index contributed by atoms with van der Waals surface area (Å²) in [5, 5.41) is 6.59. The van der Waals surface area contributed by atoms with Crippen LogP contribution in [0.2, 0.25) is 0 Å². The number of rotatable bonds is 9. The van der Waals surface area contributed by atoms with Gasteiger partial charge in [-0.25, -0.2) is 0 Å². The molecule has 2 N–H and O–H groups in total. The van der Waals surface area contributed by atoms with Crippen molar-refractivity contribution in [2.45, 2.75) is 26.3 Å². The van der Waals surface area contributed by atoms with Gasteiger partial charge < -0.3 is 20.1 Å². The van der Waals surface area contributed by atoms with Crippen LogP contribution >= 0.6 is 0 Å². The van der Waals surface area contributed by atoms with E-state index < -0.39 is 0 Å². The van der Waals surface area contributed by atoms with Crippen LogP contribution < -0.4 is 15.4 Å². The Morgan fingerprint density at radius 1 is 1.19 bits per heavy atom. The maximum absolute atomic E-state index is 5.33. The lowest BCUT2D eigenvalue weighted by Gasteiger charge is -2.13. The summed E-state index contributed by atoms with van der Waals surface area (Å²) in [4.78, 5) is 4.21. The third kappa shape index (κ3) is 6.99. The van der Waals surface area contributed by atoms with E-state index in [1.807, 2.05) is 31.2 Å². The van der Waals surface area contributed by atoms with E-state index in [0.29, 0.717) is 6.54 Å². The number of nitrogens with one attached hydrogen (secondary N) is 2. The van der Waals surface area contributed by atoms with E-state index in [2.05, 4.69) is 15.6 Å². The molecule has 0 bridgehead atoms. The van der Waals surface area contributed by atoms with Crippen molar-refractivity contribution in [2.24, 2.45) is 4.99 Å². The average molecular weight is 293 g/mol. The lowest BCUT2D eigenvalue weighted by Crippen LogP contribution is -2.37. The van der Waals surface area contributed by atoms with Gasteiger partial charge >= 0.3 is 0 Å².